The molecular formula is C17H23N3O5. The molecule has 3 rings (SSSR count). The van der Waals surface area contributed by atoms with Gasteiger partial charge in [-0.15, -0.1) is 0 Å². The Morgan fingerprint density at radius 2 is 1.92 bits per heavy atom. The van der Waals surface area contributed by atoms with Crippen LogP contribution in [0.1, 0.15) is 55.5 Å². The van der Waals surface area contributed by atoms with Gasteiger partial charge in [-0.3, -0.25) is 19.7 Å². The highest BCUT2D eigenvalue weighted by molar-refractivity contribution is 5.92. The van der Waals surface area contributed by atoms with Gasteiger partial charge in [0, 0.05) is 19.1 Å². The van der Waals surface area contributed by atoms with Gasteiger partial charge in [-0.05, 0) is 31.7 Å². The second-order valence-electron chi connectivity index (χ2n) is 6.83. The molecule has 0 aromatic carbocycles. The number of carbonyl (C=O) groups excluding carboxylic acids is 2. The number of hydrogen-bond donors (Lipinski definition) is 1. The van der Waals surface area contributed by atoms with Crippen molar-refractivity contribution in [3.05, 3.63) is 28.0 Å². The summed E-state index contributed by atoms with van der Waals surface area (Å²) in [5.41, 5.74) is 0. The average molecular weight is 349 g/mol. The smallest absolute Gasteiger partial charge is 0.395 e. The fourth-order valence-electron chi connectivity index (χ4n) is 3.64. The summed E-state index contributed by atoms with van der Waals surface area (Å²) in [6.45, 7) is 0.854. The SMILES string of the molecule is O=C(NC1CCCCC1)[C@H]1CCCN(C(=O)c2ccc([N+](=O)[O-])o2)C1. The van der Waals surface area contributed by atoms with Crippen molar-refractivity contribution in [3.8, 4) is 0 Å². The zero-order valence-electron chi connectivity index (χ0n) is 14.1. The molecule has 0 spiro atoms. The van der Waals surface area contributed by atoms with Gasteiger partial charge in [0.25, 0.3) is 5.91 Å². The van der Waals surface area contributed by atoms with Gasteiger partial charge in [-0.25, -0.2) is 0 Å². The van der Waals surface area contributed by atoms with Crippen molar-refractivity contribution in [2.24, 2.45) is 5.92 Å². The van der Waals surface area contributed by atoms with E-state index in [0.29, 0.717) is 13.1 Å². The maximum atomic E-state index is 12.5. The zero-order valence-corrected chi connectivity index (χ0v) is 14.1. The number of piperidine rings is 1. The molecule has 0 bridgehead atoms. The second kappa shape index (κ2) is 7.67. The Bertz CT molecular complexity index is 650. The largest absolute Gasteiger partial charge is 0.433 e. The Kier molecular flexibility index (Phi) is 5.35. The molecule has 2 fully saturated rings. The Morgan fingerprint density at radius 1 is 1.16 bits per heavy atom. The summed E-state index contributed by atoms with van der Waals surface area (Å²) in [6.07, 6.45) is 7.06. The van der Waals surface area contributed by atoms with Crippen molar-refractivity contribution in [1.29, 1.82) is 0 Å². The van der Waals surface area contributed by atoms with Crippen LogP contribution in [0.2, 0.25) is 0 Å². The first kappa shape index (κ1) is 17.4. The number of carbonyl (C=O) groups is 2. The van der Waals surface area contributed by atoms with Gasteiger partial charge in [0.2, 0.25) is 5.91 Å². The third kappa shape index (κ3) is 4.18. The van der Waals surface area contributed by atoms with Crippen molar-refractivity contribution in [1.82, 2.24) is 10.2 Å². The molecule has 1 aliphatic heterocycles. The van der Waals surface area contributed by atoms with Crippen LogP contribution in [0.4, 0.5) is 5.88 Å². The number of nitro groups is 1. The molecule has 1 N–H and O–H groups in total. The van der Waals surface area contributed by atoms with E-state index in [1.165, 1.54) is 18.6 Å². The normalized spacial score (nSPS) is 21.8. The van der Waals surface area contributed by atoms with Crippen LogP contribution in [-0.2, 0) is 4.79 Å². The third-order valence-corrected chi connectivity index (χ3v) is 5.01. The van der Waals surface area contributed by atoms with Gasteiger partial charge in [0.15, 0.2) is 5.76 Å². The summed E-state index contributed by atoms with van der Waals surface area (Å²) in [4.78, 5) is 36.5. The summed E-state index contributed by atoms with van der Waals surface area (Å²) in [5, 5.41) is 13.8. The summed E-state index contributed by atoms with van der Waals surface area (Å²) >= 11 is 0. The predicted molar refractivity (Wildman–Crippen MR) is 89.0 cm³/mol. The lowest BCUT2D eigenvalue weighted by atomic mass is 9.93. The molecule has 0 unspecified atom stereocenters. The molecule has 1 aromatic rings. The van der Waals surface area contributed by atoms with Crippen molar-refractivity contribution in [2.75, 3.05) is 13.1 Å². The van der Waals surface area contributed by atoms with E-state index in [4.69, 9.17) is 4.42 Å². The van der Waals surface area contributed by atoms with Crippen molar-refractivity contribution >= 4 is 17.7 Å². The Labute approximate surface area is 145 Å². The maximum absolute atomic E-state index is 12.5. The molecule has 8 heteroatoms. The van der Waals surface area contributed by atoms with Gasteiger partial charge in [-0.1, -0.05) is 19.3 Å². The van der Waals surface area contributed by atoms with E-state index < -0.39 is 16.7 Å². The van der Waals surface area contributed by atoms with Gasteiger partial charge in [0.1, 0.15) is 4.92 Å². The second-order valence-corrected chi connectivity index (χ2v) is 6.83. The Morgan fingerprint density at radius 3 is 2.60 bits per heavy atom. The molecule has 2 amide bonds. The van der Waals surface area contributed by atoms with E-state index in [0.717, 1.165) is 38.5 Å². The molecule has 1 aliphatic carbocycles. The lowest BCUT2D eigenvalue weighted by Gasteiger charge is -2.33. The minimum atomic E-state index is -0.673. The van der Waals surface area contributed by atoms with Gasteiger partial charge >= 0.3 is 5.88 Å². The van der Waals surface area contributed by atoms with Crippen molar-refractivity contribution in [3.63, 3.8) is 0 Å². The molecule has 1 saturated carbocycles. The van der Waals surface area contributed by atoms with Crippen LogP contribution in [0.25, 0.3) is 0 Å². The zero-order chi connectivity index (χ0) is 17.8. The van der Waals surface area contributed by atoms with Crippen LogP contribution in [-0.4, -0.2) is 40.8 Å². The quantitative estimate of drug-likeness (QED) is 0.664. The summed E-state index contributed by atoms with van der Waals surface area (Å²) in [6, 6.07) is 2.73. The number of nitrogens with zero attached hydrogens (tertiary/aromatic N) is 2. The highest BCUT2D eigenvalue weighted by atomic mass is 16.6. The van der Waals surface area contributed by atoms with Crippen LogP contribution in [0.15, 0.2) is 16.5 Å². The van der Waals surface area contributed by atoms with E-state index in [2.05, 4.69) is 5.32 Å². The highest BCUT2D eigenvalue weighted by Gasteiger charge is 2.31. The van der Waals surface area contributed by atoms with Crippen LogP contribution >= 0.6 is 0 Å². The average Bonchev–Trinajstić information content (AvgIpc) is 3.12. The fourth-order valence-corrected chi connectivity index (χ4v) is 3.64. The molecule has 136 valence electrons. The van der Waals surface area contributed by atoms with Crippen LogP contribution in [0.5, 0.6) is 0 Å². The molecule has 2 heterocycles. The number of amides is 2. The molecule has 1 saturated heterocycles. The number of nitrogens with one attached hydrogen (secondary N) is 1. The Balaban J connectivity index is 1.58. The molecule has 1 atom stereocenters. The Hall–Kier alpha value is -2.38. The summed E-state index contributed by atoms with van der Waals surface area (Å²) in [5.74, 6) is -1.13. The van der Waals surface area contributed by atoms with E-state index in [9.17, 15) is 19.7 Å². The molecule has 8 nitrogen and oxygen atoms in total. The van der Waals surface area contributed by atoms with E-state index in [1.54, 1.807) is 4.90 Å². The molecule has 25 heavy (non-hydrogen) atoms. The van der Waals surface area contributed by atoms with Crippen molar-refractivity contribution in [2.45, 2.75) is 51.0 Å². The van der Waals surface area contributed by atoms with E-state index in [1.807, 2.05) is 0 Å². The monoisotopic (exact) mass is 349 g/mol. The van der Waals surface area contributed by atoms with Crippen LogP contribution in [0, 0.1) is 16.0 Å². The lowest BCUT2D eigenvalue weighted by Crippen LogP contribution is -2.47. The number of furan rings is 1. The molecule has 0 radical (unpaired) electrons. The van der Waals surface area contributed by atoms with E-state index >= 15 is 0 Å². The summed E-state index contributed by atoms with van der Waals surface area (Å²) < 4.78 is 4.99. The van der Waals surface area contributed by atoms with Gasteiger partial charge in [-0.2, -0.15) is 0 Å². The fraction of sp³-hybridized carbons (Fsp3) is 0.647. The van der Waals surface area contributed by atoms with Gasteiger partial charge in [0.05, 0.1) is 12.0 Å². The first-order valence-corrected chi connectivity index (χ1v) is 8.88. The lowest BCUT2D eigenvalue weighted by molar-refractivity contribution is -0.402. The van der Waals surface area contributed by atoms with E-state index in [-0.39, 0.29) is 23.6 Å². The standard InChI is InChI=1S/C17H23N3O5/c21-16(18-13-6-2-1-3-7-13)12-5-4-10-19(11-12)17(22)14-8-9-15(25-14)20(23)24/h8-9,12-13H,1-7,10-11H2,(H,18,21)/t12-/m0/s1. The van der Waals surface area contributed by atoms with Crippen LogP contribution in [0.3, 0.4) is 0 Å². The maximum Gasteiger partial charge on any atom is 0.433 e. The van der Waals surface area contributed by atoms with Gasteiger partial charge < -0.3 is 14.6 Å². The molecule has 2 aliphatic rings. The predicted octanol–water partition coefficient (Wildman–Crippen LogP) is 2.49. The number of rotatable bonds is 4. The topological polar surface area (TPSA) is 106 Å². The number of likely N-dealkylation sites (tertiary alicyclic amines) is 1. The summed E-state index contributed by atoms with van der Waals surface area (Å²) in [7, 11) is 0. The highest BCUT2D eigenvalue weighted by Crippen LogP contribution is 2.23. The minimum absolute atomic E-state index is 0.00910. The minimum Gasteiger partial charge on any atom is -0.395 e. The number of hydrogen-bond acceptors (Lipinski definition) is 5. The third-order valence-electron chi connectivity index (χ3n) is 5.01. The first-order valence-electron chi connectivity index (χ1n) is 8.88. The van der Waals surface area contributed by atoms with Crippen molar-refractivity contribution < 1.29 is 18.9 Å². The first-order chi connectivity index (χ1) is 12.0. The van der Waals surface area contributed by atoms with Crippen LogP contribution < -0.4 is 5.32 Å². The molecular weight excluding hydrogens is 326 g/mol. The molecule has 1 aromatic heterocycles.